The average Bonchev–Trinajstić information content (AvgIpc) is 2.18. The molecule has 1 aromatic rings. The van der Waals surface area contributed by atoms with Crippen molar-refractivity contribution in [3.05, 3.63) is 28.2 Å². The standard InChI is InChI=1S/C11H15Cl2NO/c1-7(2)11(6-14)15-10-5-8(12)3-4-9(10)13/h3-5,7,11H,6,14H2,1-2H3. The summed E-state index contributed by atoms with van der Waals surface area (Å²) in [7, 11) is 0. The minimum atomic E-state index is -0.0408. The Morgan fingerprint density at radius 1 is 1.33 bits per heavy atom. The second kappa shape index (κ2) is 5.59. The number of rotatable bonds is 4. The maximum atomic E-state index is 5.98. The predicted molar refractivity (Wildman–Crippen MR) is 64.8 cm³/mol. The van der Waals surface area contributed by atoms with Crippen LogP contribution >= 0.6 is 23.2 Å². The molecule has 1 rings (SSSR count). The number of nitrogens with two attached hydrogens (primary N) is 1. The van der Waals surface area contributed by atoms with E-state index in [9.17, 15) is 0 Å². The van der Waals surface area contributed by atoms with Crippen LogP contribution in [0.2, 0.25) is 10.0 Å². The van der Waals surface area contributed by atoms with Gasteiger partial charge in [-0.1, -0.05) is 37.0 Å². The Labute approximate surface area is 100 Å². The van der Waals surface area contributed by atoms with Crippen LogP contribution in [0.25, 0.3) is 0 Å². The molecule has 0 aliphatic carbocycles. The van der Waals surface area contributed by atoms with Gasteiger partial charge in [0.25, 0.3) is 0 Å². The molecule has 2 nitrogen and oxygen atoms in total. The van der Waals surface area contributed by atoms with E-state index in [1.54, 1.807) is 18.2 Å². The van der Waals surface area contributed by atoms with Crippen LogP contribution in [0.15, 0.2) is 18.2 Å². The number of hydrogen-bond donors (Lipinski definition) is 1. The average molecular weight is 248 g/mol. The summed E-state index contributed by atoms with van der Waals surface area (Å²) in [5.74, 6) is 0.929. The molecule has 0 saturated carbocycles. The van der Waals surface area contributed by atoms with Crippen LogP contribution in [0.1, 0.15) is 13.8 Å². The molecule has 0 aliphatic rings. The maximum Gasteiger partial charge on any atom is 0.139 e. The van der Waals surface area contributed by atoms with Crippen molar-refractivity contribution in [2.45, 2.75) is 20.0 Å². The molecular formula is C11H15Cl2NO. The molecule has 0 heterocycles. The van der Waals surface area contributed by atoms with Crippen molar-refractivity contribution in [3.63, 3.8) is 0 Å². The number of ether oxygens (including phenoxy) is 1. The Morgan fingerprint density at radius 3 is 2.53 bits per heavy atom. The minimum absolute atomic E-state index is 0.0408. The van der Waals surface area contributed by atoms with Crippen LogP contribution in [0, 0.1) is 5.92 Å². The van der Waals surface area contributed by atoms with E-state index >= 15 is 0 Å². The van der Waals surface area contributed by atoms with Crippen LogP contribution < -0.4 is 10.5 Å². The Kier molecular flexibility index (Phi) is 4.71. The van der Waals surface area contributed by atoms with Crippen LogP contribution in [-0.2, 0) is 0 Å². The van der Waals surface area contributed by atoms with E-state index in [0.717, 1.165) is 0 Å². The summed E-state index contributed by atoms with van der Waals surface area (Å²) in [6.07, 6.45) is -0.0408. The van der Waals surface area contributed by atoms with E-state index in [4.69, 9.17) is 33.7 Å². The molecule has 1 unspecified atom stereocenters. The fourth-order valence-electron chi connectivity index (χ4n) is 1.19. The lowest BCUT2D eigenvalue weighted by Crippen LogP contribution is -2.31. The van der Waals surface area contributed by atoms with E-state index in [2.05, 4.69) is 13.8 Å². The fourth-order valence-corrected chi connectivity index (χ4v) is 1.51. The third kappa shape index (κ3) is 3.56. The topological polar surface area (TPSA) is 35.2 Å². The third-order valence-corrected chi connectivity index (χ3v) is 2.69. The first kappa shape index (κ1) is 12.6. The number of hydrogen-bond acceptors (Lipinski definition) is 2. The molecule has 0 fully saturated rings. The van der Waals surface area contributed by atoms with Gasteiger partial charge in [-0.3, -0.25) is 0 Å². The molecule has 84 valence electrons. The summed E-state index contributed by atoms with van der Waals surface area (Å²) >= 11 is 11.8. The lowest BCUT2D eigenvalue weighted by molar-refractivity contribution is 0.159. The molecule has 0 amide bonds. The second-order valence-electron chi connectivity index (χ2n) is 3.71. The molecule has 0 spiro atoms. The highest BCUT2D eigenvalue weighted by Gasteiger charge is 2.14. The summed E-state index contributed by atoms with van der Waals surface area (Å²) in [4.78, 5) is 0. The highest BCUT2D eigenvalue weighted by atomic mass is 35.5. The maximum absolute atomic E-state index is 5.98. The van der Waals surface area contributed by atoms with Gasteiger partial charge in [-0.05, 0) is 18.1 Å². The number of halogens is 2. The van der Waals surface area contributed by atoms with E-state index in [1.165, 1.54) is 0 Å². The molecule has 1 aromatic carbocycles. The first-order valence-electron chi connectivity index (χ1n) is 4.86. The molecule has 0 radical (unpaired) electrons. The van der Waals surface area contributed by atoms with Gasteiger partial charge in [0.05, 0.1) is 5.02 Å². The quantitative estimate of drug-likeness (QED) is 0.886. The second-order valence-corrected chi connectivity index (χ2v) is 4.55. The summed E-state index contributed by atoms with van der Waals surface area (Å²) in [6.45, 7) is 4.56. The first-order chi connectivity index (χ1) is 7.04. The SMILES string of the molecule is CC(C)C(CN)Oc1cc(Cl)ccc1Cl. The van der Waals surface area contributed by atoms with E-state index < -0.39 is 0 Å². The molecule has 2 N–H and O–H groups in total. The van der Waals surface area contributed by atoms with E-state index in [0.29, 0.717) is 28.3 Å². The van der Waals surface area contributed by atoms with Crippen molar-refractivity contribution in [1.29, 1.82) is 0 Å². The fraction of sp³-hybridized carbons (Fsp3) is 0.455. The summed E-state index contributed by atoms with van der Waals surface area (Å²) in [5, 5.41) is 1.16. The van der Waals surface area contributed by atoms with Crippen molar-refractivity contribution in [1.82, 2.24) is 0 Å². The zero-order valence-corrected chi connectivity index (χ0v) is 10.3. The Hall–Kier alpha value is -0.440. The Balaban J connectivity index is 2.82. The van der Waals surface area contributed by atoms with Crippen LogP contribution in [0.5, 0.6) is 5.75 Å². The highest BCUT2D eigenvalue weighted by Crippen LogP contribution is 2.29. The monoisotopic (exact) mass is 247 g/mol. The Bertz CT molecular complexity index is 328. The highest BCUT2D eigenvalue weighted by molar-refractivity contribution is 6.34. The smallest absolute Gasteiger partial charge is 0.139 e. The molecule has 15 heavy (non-hydrogen) atoms. The van der Waals surface area contributed by atoms with Gasteiger partial charge < -0.3 is 10.5 Å². The minimum Gasteiger partial charge on any atom is -0.487 e. The molecular weight excluding hydrogens is 233 g/mol. The van der Waals surface area contributed by atoms with Gasteiger partial charge in [-0.25, -0.2) is 0 Å². The zero-order valence-electron chi connectivity index (χ0n) is 8.84. The molecule has 1 atom stereocenters. The molecule has 0 saturated heterocycles. The van der Waals surface area contributed by atoms with Gasteiger partial charge in [0.2, 0.25) is 0 Å². The molecule has 0 aromatic heterocycles. The predicted octanol–water partition coefficient (Wildman–Crippen LogP) is 3.36. The summed E-state index contributed by atoms with van der Waals surface area (Å²) in [6, 6.07) is 5.14. The first-order valence-corrected chi connectivity index (χ1v) is 5.62. The van der Waals surface area contributed by atoms with Gasteiger partial charge in [0, 0.05) is 17.6 Å². The van der Waals surface area contributed by atoms with Crippen molar-refractivity contribution in [2.24, 2.45) is 11.7 Å². The van der Waals surface area contributed by atoms with Crippen molar-refractivity contribution in [2.75, 3.05) is 6.54 Å². The normalized spacial score (nSPS) is 12.9. The zero-order chi connectivity index (χ0) is 11.4. The van der Waals surface area contributed by atoms with Crippen molar-refractivity contribution in [3.8, 4) is 5.75 Å². The van der Waals surface area contributed by atoms with E-state index in [-0.39, 0.29) is 6.10 Å². The summed E-state index contributed by atoms with van der Waals surface area (Å²) in [5.41, 5.74) is 5.61. The van der Waals surface area contributed by atoms with Crippen LogP contribution in [0.3, 0.4) is 0 Å². The largest absolute Gasteiger partial charge is 0.487 e. The molecule has 0 aliphatic heterocycles. The molecule has 4 heteroatoms. The lowest BCUT2D eigenvalue weighted by Gasteiger charge is -2.21. The van der Waals surface area contributed by atoms with Crippen LogP contribution in [-0.4, -0.2) is 12.6 Å². The van der Waals surface area contributed by atoms with Gasteiger partial charge >= 0.3 is 0 Å². The number of benzene rings is 1. The van der Waals surface area contributed by atoms with Gasteiger partial charge in [0.15, 0.2) is 0 Å². The van der Waals surface area contributed by atoms with Gasteiger partial charge in [-0.15, -0.1) is 0 Å². The molecule has 0 bridgehead atoms. The third-order valence-electron chi connectivity index (χ3n) is 2.15. The van der Waals surface area contributed by atoms with Crippen LogP contribution in [0.4, 0.5) is 0 Å². The van der Waals surface area contributed by atoms with Gasteiger partial charge in [-0.2, -0.15) is 0 Å². The van der Waals surface area contributed by atoms with Gasteiger partial charge in [0.1, 0.15) is 11.9 Å². The van der Waals surface area contributed by atoms with Crippen molar-refractivity contribution >= 4 is 23.2 Å². The lowest BCUT2D eigenvalue weighted by atomic mass is 10.1. The van der Waals surface area contributed by atoms with E-state index in [1.807, 2.05) is 0 Å². The Morgan fingerprint density at radius 2 is 2.00 bits per heavy atom. The summed E-state index contributed by atoms with van der Waals surface area (Å²) < 4.78 is 5.70. The van der Waals surface area contributed by atoms with Crippen molar-refractivity contribution < 1.29 is 4.74 Å².